The monoisotopic (exact) mass is 451 g/mol. The fraction of sp³-hybridized carbons (Fsp3) is 0.364. The minimum atomic E-state index is -2.98. The minimum absolute atomic E-state index is 0.0265. The van der Waals surface area contributed by atoms with E-state index < -0.39 is 12.7 Å². The molecule has 2 aromatic rings. The molecule has 1 aliphatic rings. The number of halogens is 3. The summed E-state index contributed by atoms with van der Waals surface area (Å²) in [6.07, 6.45) is 1.56. The van der Waals surface area contributed by atoms with Gasteiger partial charge in [-0.25, -0.2) is 0 Å². The van der Waals surface area contributed by atoms with Gasteiger partial charge in [-0.05, 0) is 56.6 Å². The molecule has 2 N–H and O–H groups in total. The molecule has 166 valence electrons. The van der Waals surface area contributed by atoms with Crippen molar-refractivity contribution >= 4 is 34.8 Å². The van der Waals surface area contributed by atoms with E-state index in [0.717, 1.165) is 18.5 Å². The molecule has 0 spiro atoms. The van der Waals surface area contributed by atoms with Gasteiger partial charge < -0.3 is 15.4 Å². The maximum Gasteiger partial charge on any atom is 0.387 e. The summed E-state index contributed by atoms with van der Waals surface area (Å²) in [7, 11) is 0. The second-order valence-electron chi connectivity index (χ2n) is 7.38. The Kier molecular flexibility index (Phi) is 7.81. The third kappa shape index (κ3) is 6.38. The van der Waals surface area contributed by atoms with Crippen molar-refractivity contribution in [3.63, 3.8) is 0 Å². The molecule has 1 fully saturated rings. The van der Waals surface area contributed by atoms with Crippen molar-refractivity contribution in [3.05, 3.63) is 53.6 Å². The average molecular weight is 452 g/mol. The number of rotatable bonds is 7. The van der Waals surface area contributed by atoms with E-state index in [1.165, 1.54) is 18.2 Å². The van der Waals surface area contributed by atoms with Gasteiger partial charge in [0.2, 0.25) is 11.8 Å². The number of anilines is 2. The van der Waals surface area contributed by atoms with Crippen molar-refractivity contribution < 1.29 is 23.1 Å². The Balaban J connectivity index is 1.57. The molecule has 0 unspecified atom stereocenters. The zero-order valence-corrected chi connectivity index (χ0v) is 17.7. The fourth-order valence-electron chi connectivity index (χ4n) is 3.52. The van der Waals surface area contributed by atoms with Gasteiger partial charge in [0, 0.05) is 17.9 Å². The molecule has 1 heterocycles. The minimum Gasteiger partial charge on any atom is -0.433 e. The molecule has 2 aromatic carbocycles. The van der Waals surface area contributed by atoms with Crippen LogP contribution in [-0.2, 0) is 9.59 Å². The van der Waals surface area contributed by atoms with E-state index in [4.69, 9.17) is 11.6 Å². The molecular weight excluding hydrogens is 428 g/mol. The van der Waals surface area contributed by atoms with Crippen LogP contribution in [0.5, 0.6) is 5.75 Å². The largest absolute Gasteiger partial charge is 0.433 e. The molecule has 1 saturated heterocycles. The summed E-state index contributed by atoms with van der Waals surface area (Å²) in [5.41, 5.74) is 1.12. The molecule has 2 amide bonds. The summed E-state index contributed by atoms with van der Waals surface area (Å²) in [5.74, 6) is -0.719. The SMILES string of the molecule is C[C@@H](C(=O)Nc1ccc(OC(F)F)c(Cl)c1)N1CCC[C@@H](C(=O)Nc2ccccc2)C1. The molecule has 31 heavy (non-hydrogen) atoms. The number of benzene rings is 2. The Morgan fingerprint density at radius 2 is 1.87 bits per heavy atom. The summed E-state index contributed by atoms with van der Waals surface area (Å²) < 4.78 is 29.0. The van der Waals surface area contributed by atoms with Crippen LogP contribution < -0.4 is 15.4 Å². The maximum absolute atomic E-state index is 12.7. The number of para-hydroxylation sites is 1. The first kappa shape index (κ1) is 23.0. The standard InChI is InChI=1S/C22H24ClF2N3O3/c1-14(20(29)27-17-9-10-19(18(23)12-17)31-22(24)25)28-11-5-6-15(13-28)21(30)26-16-7-3-2-4-8-16/h2-4,7-10,12,14-15,22H,5-6,11,13H2,1H3,(H,26,30)(H,27,29)/t14-,15+/m0/s1. The van der Waals surface area contributed by atoms with Crippen molar-refractivity contribution in [1.82, 2.24) is 4.90 Å². The molecule has 9 heteroatoms. The highest BCUT2D eigenvalue weighted by atomic mass is 35.5. The van der Waals surface area contributed by atoms with E-state index in [2.05, 4.69) is 15.4 Å². The van der Waals surface area contributed by atoms with Crippen LogP contribution in [0.15, 0.2) is 48.5 Å². The van der Waals surface area contributed by atoms with E-state index in [0.29, 0.717) is 18.8 Å². The summed E-state index contributed by atoms with van der Waals surface area (Å²) in [5, 5.41) is 5.63. The fourth-order valence-corrected chi connectivity index (χ4v) is 3.75. The molecule has 0 radical (unpaired) electrons. The van der Waals surface area contributed by atoms with Gasteiger partial charge in [0.15, 0.2) is 0 Å². The van der Waals surface area contributed by atoms with Gasteiger partial charge in [-0.3, -0.25) is 14.5 Å². The van der Waals surface area contributed by atoms with E-state index in [-0.39, 0.29) is 28.5 Å². The quantitative estimate of drug-likeness (QED) is 0.644. The van der Waals surface area contributed by atoms with Gasteiger partial charge in [-0.1, -0.05) is 29.8 Å². The molecule has 0 aliphatic carbocycles. The highest BCUT2D eigenvalue weighted by Crippen LogP contribution is 2.29. The lowest BCUT2D eigenvalue weighted by atomic mass is 9.95. The van der Waals surface area contributed by atoms with Crippen molar-refractivity contribution in [2.45, 2.75) is 32.4 Å². The van der Waals surface area contributed by atoms with Crippen molar-refractivity contribution in [2.24, 2.45) is 5.92 Å². The Morgan fingerprint density at radius 3 is 2.55 bits per heavy atom. The lowest BCUT2D eigenvalue weighted by Gasteiger charge is -2.35. The second kappa shape index (κ2) is 10.5. The molecule has 0 saturated carbocycles. The van der Waals surface area contributed by atoms with Gasteiger partial charge in [-0.2, -0.15) is 8.78 Å². The zero-order valence-electron chi connectivity index (χ0n) is 17.0. The van der Waals surface area contributed by atoms with Crippen LogP contribution in [0.1, 0.15) is 19.8 Å². The summed E-state index contributed by atoms with van der Waals surface area (Å²) in [4.78, 5) is 27.3. The number of amides is 2. The second-order valence-corrected chi connectivity index (χ2v) is 7.79. The van der Waals surface area contributed by atoms with Gasteiger partial charge in [0.25, 0.3) is 0 Å². The number of carbonyl (C=O) groups excluding carboxylic acids is 2. The zero-order chi connectivity index (χ0) is 22.4. The molecule has 3 rings (SSSR count). The van der Waals surface area contributed by atoms with Crippen molar-refractivity contribution in [2.75, 3.05) is 23.7 Å². The number of hydrogen-bond donors (Lipinski definition) is 2. The Hall–Kier alpha value is -2.71. The number of carbonyl (C=O) groups is 2. The van der Waals surface area contributed by atoms with Gasteiger partial charge in [0.05, 0.1) is 17.0 Å². The Labute approximate surface area is 184 Å². The topological polar surface area (TPSA) is 70.7 Å². The first-order valence-corrected chi connectivity index (χ1v) is 10.4. The van der Waals surface area contributed by atoms with Crippen molar-refractivity contribution in [3.8, 4) is 5.75 Å². The van der Waals surface area contributed by atoms with E-state index in [1.807, 2.05) is 35.2 Å². The lowest BCUT2D eigenvalue weighted by molar-refractivity contribution is -0.125. The molecule has 1 aliphatic heterocycles. The number of nitrogens with zero attached hydrogens (tertiary/aromatic N) is 1. The van der Waals surface area contributed by atoms with Crippen LogP contribution in [0.25, 0.3) is 0 Å². The summed E-state index contributed by atoms with van der Waals surface area (Å²) in [6.45, 7) is -0.0483. The molecule has 6 nitrogen and oxygen atoms in total. The van der Waals surface area contributed by atoms with Crippen LogP contribution >= 0.6 is 11.6 Å². The van der Waals surface area contributed by atoms with E-state index in [9.17, 15) is 18.4 Å². The predicted octanol–water partition coefficient (Wildman–Crippen LogP) is 4.62. The van der Waals surface area contributed by atoms with Crippen LogP contribution in [0.2, 0.25) is 5.02 Å². The highest BCUT2D eigenvalue weighted by Gasteiger charge is 2.31. The Bertz CT molecular complexity index is 914. The third-order valence-electron chi connectivity index (χ3n) is 5.21. The normalized spacial score (nSPS) is 17.8. The third-order valence-corrected chi connectivity index (χ3v) is 5.50. The number of likely N-dealkylation sites (tertiary alicyclic amines) is 1. The first-order valence-electron chi connectivity index (χ1n) is 9.98. The number of alkyl halides is 2. The number of ether oxygens (including phenoxy) is 1. The molecule has 0 bridgehead atoms. The number of hydrogen-bond acceptors (Lipinski definition) is 4. The van der Waals surface area contributed by atoms with Gasteiger partial charge >= 0.3 is 6.61 Å². The number of piperidine rings is 1. The van der Waals surface area contributed by atoms with Crippen LogP contribution in [-0.4, -0.2) is 42.5 Å². The lowest BCUT2D eigenvalue weighted by Crippen LogP contribution is -2.49. The summed E-state index contributed by atoms with van der Waals surface area (Å²) >= 11 is 5.94. The van der Waals surface area contributed by atoms with E-state index in [1.54, 1.807) is 6.92 Å². The molecular formula is C22H24ClF2N3O3. The maximum atomic E-state index is 12.7. The predicted molar refractivity (Wildman–Crippen MR) is 116 cm³/mol. The van der Waals surface area contributed by atoms with Crippen LogP contribution in [0.4, 0.5) is 20.2 Å². The van der Waals surface area contributed by atoms with Crippen LogP contribution in [0.3, 0.4) is 0 Å². The van der Waals surface area contributed by atoms with Gasteiger partial charge in [0.1, 0.15) is 5.75 Å². The molecule has 0 aromatic heterocycles. The Morgan fingerprint density at radius 1 is 1.13 bits per heavy atom. The first-order chi connectivity index (χ1) is 14.8. The average Bonchev–Trinajstić information content (AvgIpc) is 2.75. The number of nitrogens with one attached hydrogen (secondary N) is 2. The molecule has 2 atom stereocenters. The highest BCUT2D eigenvalue weighted by molar-refractivity contribution is 6.32. The summed E-state index contributed by atoms with van der Waals surface area (Å²) in [6, 6.07) is 12.8. The van der Waals surface area contributed by atoms with Gasteiger partial charge in [-0.15, -0.1) is 0 Å². The van der Waals surface area contributed by atoms with E-state index >= 15 is 0 Å². The van der Waals surface area contributed by atoms with Crippen LogP contribution in [0, 0.1) is 5.92 Å². The smallest absolute Gasteiger partial charge is 0.387 e. The van der Waals surface area contributed by atoms with Crippen molar-refractivity contribution in [1.29, 1.82) is 0 Å².